The number of carbonyl (C=O) groups excluding carboxylic acids is 2. The second-order valence-electron chi connectivity index (χ2n) is 5.75. The zero-order valence-corrected chi connectivity index (χ0v) is 14.0. The first-order chi connectivity index (χ1) is 12.1. The van der Waals surface area contributed by atoms with Gasteiger partial charge in [-0.2, -0.15) is 0 Å². The van der Waals surface area contributed by atoms with Gasteiger partial charge in [0.15, 0.2) is 0 Å². The van der Waals surface area contributed by atoms with Crippen molar-refractivity contribution in [2.75, 3.05) is 7.11 Å². The molecule has 25 heavy (non-hydrogen) atoms. The second-order valence-corrected chi connectivity index (χ2v) is 5.75. The smallest absolute Gasteiger partial charge is 0.335 e. The molecule has 0 aromatic heterocycles. The summed E-state index contributed by atoms with van der Waals surface area (Å²) in [5.74, 6) is 0.377. The standard InChI is InChI=1S/C20H19NO4/c1-3-19(22)25-14-9-10-15-13(12-14)8-11-17(15)21-20(23)16-6-4-5-7-18(16)24-2/h3-7,9-10,12,17H,1,8,11H2,2H3,(H,21,23). The Labute approximate surface area is 146 Å². The van der Waals surface area contributed by atoms with Crippen LogP contribution in [0.25, 0.3) is 0 Å². The van der Waals surface area contributed by atoms with E-state index in [1.807, 2.05) is 18.2 Å². The number of rotatable bonds is 5. The van der Waals surface area contributed by atoms with E-state index in [2.05, 4.69) is 11.9 Å². The van der Waals surface area contributed by atoms with Crippen molar-refractivity contribution in [3.63, 3.8) is 0 Å². The SMILES string of the molecule is C=CC(=O)Oc1ccc2c(c1)CCC2NC(=O)c1ccccc1OC. The Kier molecular flexibility index (Phi) is 4.84. The number of hydrogen-bond acceptors (Lipinski definition) is 4. The fourth-order valence-electron chi connectivity index (χ4n) is 3.03. The first-order valence-electron chi connectivity index (χ1n) is 8.03. The summed E-state index contributed by atoms with van der Waals surface area (Å²) in [4.78, 5) is 23.9. The maximum atomic E-state index is 12.6. The highest BCUT2D eigenvalue weighted by Crippen LogP contribution is 2.34. The fraction of sp³-hybridized carbons (Fsp3) is 0.200. The van der Waals surface area contributed by atoms with Crippen molar-refractivity contribution >= 4 is 11.9 Å². The average molecular weight is 337 g/mol. The van der Waals surface area contributed by atoms with E-state index in [0.29, 0.717) is 17.1 Å². The van der Waals surface area contributed by atoms with Crippen molar-refractivity contribution in [3.05, 3.63) is 71.8 Å². The van der Waals surface area contributed by atoms with Crippen LogP contribution in [0.3, 0.4) is 0 Å². The van der Waals surface area contributed by atoms with Gasteiger partial charge in [-0.1, -0.05) is 24.8 Å². The molecular weight excluding hydrogens is 318 g/mol. The number of esters is 1. The molecule has 1 aliphatic rings. The van der Waals surface area contributed by atoms with Gasteiger partial charge < -0.3 is 14.8 Å². The van der Waals surface area contributed by atoms with Crippen LogP contribution in [-0.4, -0.2) is 19.0 Å². The van der Waals surface area contributed by atoms with Crippen molar-refractivity contribution in [2.24, 2.45) is 0 Å². The molecule has 0 saturated carbocycles. The Balaban J connectivity index is 1.76. The predicted octanol–water partition coefficient (Wildman–Crippen LogP) is 3.20. The summed E-state index contributed by atoms with van der Waals surface area (Å²) in [5.41, 5.74) is 2.62. The second kappa shape index (κ2) is 7.21. The zero-order chi connectivity index (χ0) is 17.8. The molecule has 3 rings (SSSR count). The van der Waals surface area contributed by atoms with Crippen molar-refractivity contribution in [3.8, 4) is 11.5 Å². The molecule has 5 heteroatoms. The number of fused-ring (bicyclic) bond motifs is 1. The maximum Gasteiger partial charge on any atom is 0.335 e. The summed E-state index contributed by atoms with van der Waals surface area (Å²) in [7, 11) is 1.54. The van der Waals surface area contributed by atoms with Crippen LogP contribution in [0.15, 0.2) is 55.1 Å². The van der Waals surface area contributed by atoms with Gasteiger partial charge in [-0.3, -0.25) is 4.79 Å². The minimum atomic E-state index is -0.487. The van der Waals surface area contributed by atoms with E-state index in [4.69, 9.17) is 9.47 Å². The Hall–Kier alpha value is -3.08. The van der Waals surface area contributed by atoms with Gasteiger partial charge in [0.25, 0.3) is 5.91 Å². The summed E-state index contributed by atoms with van der Waals surface area (Å²) in [6, 6.07) is 12.5. The number of ether oxygens (including phenoxy) is 2. The largest absolute Gasteiger partial charge is 0.496 e. The number of carbonyl (C=O) groups is 2. The molecule has 1 aliphatic carbocycles. The quantitative estimate of drug-likeness (QED) is 0.517. The number of aryl methyl sites for hydroxylation is 1. The van der Waals surface area contributed by atoms with Crippen LogP contribution in [0.1, 0.15) is 33.9 Å². The third kappa shape index (κ3) is 3.55. The van der Waals surface area contributed by atoms with Crippen molar-refractivity contribution in [2.45, 2.75) is 18.9 Å². The lowest BCUT2D eigenvalue weighted by Gasteiger charge is -2.16. The Morgan fingerprint density at radius 1 is 1.24 bits per heavy atom. The molecule has 2 aromatic carbocycles. The third-order valence-electron chi connectivity index (χ3n) is 4.23. The van der Waals surface area contributed by atoms with Gasteiger partial charge in [0.1, 0.15) is 11.5 Å². The molecule has 0 heterocycles. The Morgan fingerprint density at radius 2 is 2.04 bits per heavy atom. The minimum Gasteiger partial charge on any atom is -0.496 e. The summed E-state index contributed by atoms with van der Waals surface area (Å²) >= 11 is 0. The molecule has 1 unspecified atom stereocenters. The van der Waals surface area contributed by atoms with Gasteiger partial charge in [0, 0.05) is 6.08 Å². The molecule has 0 saturated heterocycles. The summed E-state index contributed by atoms with van der Waals surface area (Å²) in [6.45, 7) is 3.38. The number of methoxy groups -OCH3 is 1. The molecule has 1 N–H and O–H groups in total. The molecule has 128 valence electrons. The van der Waals surface area contributed by atoms with Crippen LogP contribution in [0.5, 0.6) is 11.5 Å². The first-order valence-corrected chi connectivity index (χ1v) is 8.03. The molecule has 0 fully saturated rings. The summed E-state index contributed by atoms with van der Waals surface area (Å²) in [5, 5.41) is 3.05. The van der Waals surface area contributed by atoms with E-state index in [9.17, 15) is 9.59 Å². The highest BCUT2D eigenvalue weighted by atomic mass is 16.5. The number of nitrogens with one attached hydrogen (secondary N) is 1. The molecule has 0 bridgehead atoms. The summed E-state index contributed by atoms with van der Waals surface area (Å²) < 4.78 is 10.4. The number of benzene rings is 2. The summed E-state index contributed by atoms with van der Waals surface area (Å²) in [6.07, 6.45) is 2.74. The maximum absolute atomic E-state index is 12.6. The first kappa shape index (κ1) is 16.8. The Bertz CT molecular complexity index is 828. The lowest BCUT2D eigenvalue weighted by Crippen LogP contribution is -2.27. The highest BCUT2D eigenvalue weighted by molar-refractivity contribution is 5.97. The molecule has 1 amide bonds. The normalized spacial score (nSPS) is 15.2. The van der Waals surface area contributed by atoms with E-state index < -0.39 is 5.97 Å². The fourth-order valence-corrected chi connectivity index (χ4v) is 3.03. The van der Waals surface area contributed by atoms with E-state index in [0.717, 1.165) is 30.0 Å². The highest BCUT2D eigenvalue weighted by Gasteiger charge is 2.25. The van der Waals surface area contributed by atoms with Crippen LogP contribution >= 0.6 is 0 Å². The van der Waals surface area contributed by atoms with E-state index >= 15 is 0 Å². The predicted molar refractivity (Wildman–Crippen MR) is 93.8 cm³/mol. The molecule has 0 radical (unpaired) electrons. The van der Waals surface area contributed by atoms with Crippen LogP contribution in [-0.2, 0) is 11.2 Å². The van der Waals surface area contributed by atoms with Crippen molar-refractivity contribution in [1.29, 1.82) is 0 Å². The third-order valence-corrected chi connectivity index (χ3v) is 4.23. The number of hydrogen-bond donors (Lipinski definition) is 1. The van der Waals surface area contributed by atoms with Crippen LogP contribution < -0.4 is 14.8 Å². The van der Waals surface area contributed by atoms with Crippen LogP contribution in [0, 0.1) is 0 Å². The average Bonchev–Trinajstić information content (AvgIpc) is 3.03. The van der Waals surface area contributed by atoms with E-state index in [-0.39, 0.29) is 11.9 Å². The van der Waals surface area contributed by atoms with Crippen LogP contribution in [0.2, 0.25) is 0 Å². The molecule has 1 atom stereocenters. The van der Waals surface area contributed by atoms with Gasteiger partial charge in [-0.15, -0.1) is 0 Å². The topological polar surface area (TPSA) is 64.6 Å². The molecule has 5 nitrogen and oxygen atoms in total. The molecule has 0 spiro atoms. The van der Waals surface area contributed by atoms with Gasteiger partial charge in [-0.25, -0.2) is 4.79 Å². The van der Waals surface area contributed by atoms with Crippen molar-refractivity contribution < 1.29 is 19.1 Å². The van der Waals surface area contributed by atoms with Gasteiger partial charge in [0.2, 0.25) is 0 Å². The van der Waals surface area contributed by atoms with E-state index in [1.54, 1.807) is 31.4 Å². The lowest BCUT2D eigenvalue weighted by molar-refractivity contribution is -0.128. The van der Waals surface area contributed by atoms with E-state index in [1.165, 1.54) is 0 Å². The van der Waals surface area contributed by atoms with Gasteiger partial charge in [0.05, 0.1) is 18.7 Å². The number of para-hydroxylation sites is 1. The monoisotopic (exact) mass is 337 g/mol. The van der Waals surface area contributed by atoms with Gasteiger partial charge >= 0.3 is 5.97 Å². The van der Waals surface area contributed by atoms with Crippen molar-refractivity contribution in [1.82, 2.24) is 5.32 Å². The minimum absolute atomic E-state index is 0.0726. The molecular formula is C20H19NO4. The zero-order valence-electron chi connectivity index (χ0n) is 14.0. The lowest BCUT2D eigenvalue weighted by atomic mass is 10.1. The number of amides is 1. The molecule has 0 aliphatic heterocycles. The van der Waals surface area contributed by atoms with Gasteiger partial charge in [-0.05, 0) is 48.2 Å². The molecule has 2 aromatic rings. The van der Waals surface area contributed by atoms with Crippen LogP contribution in [0.4, 0.5) is 0 Å². The Morgan fingerprint density at radius 3 is 2.80 bits per heavy atom.